The molecule has 0 bridgehead atoms. The second-order valence-corrected chi connectivity index (χ2v) is 5.11. The van der Waals surface area contributed by atoms with Crippen molar-refractivity contribution in [2.45, 2.75) is 25.3 Å². The van der Waals surface area contributed by atoms with Crippen LogP contribution >= 0.6 is 15.9 Å². The Balaban J connectivity index is 2.25. The molecule has 0 aromatic carbocycles. The van der Waals surface area contributed by atoms with Gasteiger partial charge >= 0.3 is 0 Å². The van der Waals surface area contributed by atoms with Crippen LogP contribution in [0.2, 0.25) is 0 Å². The highest BCUT2D eigenvalue weighted by Crippen LogP contribution is 2.26. The topological polar surface area (TPSA) is 71.2 Å². The Hall–Kier alpha value is -1.14. The maximum atomic E-state index is 12.3. The van der Waals surface area contributed by atoms with Crippen molar-refractivity contribution in [3.05, 3.63) is 22.3 Å². The van der Waals surface area contributed by atoms with Gasteiger partial charge in [0.05, 0.1) is 5.56 Å². The molecule has 3 N–H and O–H groups in total. The first-order valence-electron chi connectivity index (χ1n) is 5.53. The van der Waals surface area contributed by atoms with Gasteiger partial charge in [-0.05, 0) is 41.3 Å². The molecule has 0 radical (unpaired) electrons. The summed E-state index contributed by atoms with van der Waals surface area (Å²) in [5.74, 6) is 5.72. The summed E-state index contributed by atoms with van der Waals surface area (Å²) in [6.07, 6.45) is 4.96. The number of hydrogen-bond donors (Lipinski definition) is 2. The number of aromatic nitrogens is 1. The molecular formula is C11H15BrN4O. The second-order valence-electron chi connectivity index (χ2n) is 4.19. The molecule has 0 saturated heterocycles. The fourth-order valence-electron chi connectivity index (χ4n) is 1.85. The molecule has 1 aromatic heterocycles. The molecule has 1 aliphatic carbocycles. The zero-order chi connectivity index (χ0) is 12.4. The maximum absolute atomic E-state index is 12.3. The molecule has 1 saturated carbocycles. The van der Waals surface area contributed by atoms with Crippen molar-refractivity contribution in [3.63, 3.8) is 0 Å². The highest BCUT2D eigenvalue weighted by Gasteiger charge is 2.27. The summed E-state index contributed by atoms with van der Waals surface area (Å²) < 4.78 is 0.766. The van der Waals surface area contributed by atoms with Crippen LogP contribution in [0.1, 0.15) is 29.6 Å². The summed E-state index contributed by atoms with van der Waals surface area (Å²) in [5, 5.41) is 0. The summed E-state index contributed by atoms with van der Waals surface area (Å²) in [5.41, 5.74) is 2.95. The molecule has 1 amide bonds. The van der Waals surface area contributed by atoms with Gasteiger partial charge in [-0.3, -0.25) is 4.79 Å². The lowest BCUT2D eigenvalue weighted by Gasteiger charge is -2.34. The lowest BCUT2D eigenvalue weighted by molar-refractivity contribution is 0.0652. The molecule has 2 rings (SSSR count). The number of hydrazine groups is 1. The molecule has 1 heterocycles. The van der Waals surface area contributed by atoms with E-state index in [-0.39, 0.29) is 5.91 Å². The van der Waals surface area contributed by atoms with Crippen LogP contribution in [-0.4, -0.2) is 28.9 Å². The van der Waals surface area contributed by atoms with Crippen molar-refractivity contribution in [2.24, 2.45) is 5.84 Å². The van der Waals surface area contributed by atoms with Crippen molar-refractivity contribution in [2.75, 3.05) is 12.5 Å². The van der Waals surface area contributed by atoms with Crippen molar-refractivity contribution in [1.29, 1.82) is 0 Å². The fourth-order valence-corrected chi connectivity index (χ4v) is 2.18. The minimum absolute atomic E-state index is 0.0450. The fraction of sp³-hybridized carbons (Fsp3) is 0.455. The summed E-state index contributed by atoms with van der Waals surface area (Å²) in [6.45, 7) is 0. The molecule has 17 heavy (non-hydrogen) atoms. The van der Waals surface area contributed by atoms with Gasteiger partial charge in [-0.15, -0.1) is 0 Å². The number of halogens is 1. The van der Waals surface area contributed by atoms with Gasteiger partial charge < -0.3 is 10.3 Å². The van der Waals surface area contributed by atoms with E-state index in [1.807, 2.05) is 7.05 Å². The number of carbonyl (C=O) groups excluding carboxylic acids is 1. The average molecular weight is 299 g/mol. The van der Waals surface area contributed by atoms with E-state index < -0.39 is 0 Å². The molecular weight excluding hydrogens is 284 g/mol. The second kappa shape index (κ2) is 5.01. The van der Waals surface area contributed by atoms with E-state index in [9.17, 15) is 4.79 Å². The molecule has 0 unspecified atom stereocenters. The van der Waals surface area contributed by atoms with E-state index in [0.29, 0.717) is 17.4 Å². The van der Waals surface area contributed by atoms with E-state index in [2.05, 4.69) is 26.3 Å². The number of nitrogen functional groups attached to an aromatic ring is 1. The third-order valence-electron chi connectivity index (χ3n) is 3.16. The Labute approximate surface area is 108 Å². The van der Waals surface area contributed by atoms with Crippen LogP contribution < -0.4 is 11.3 Å². The van der Waals surface area contributed by atoms with Gasteiger partial charge in [0, 0.05) is 23.8 Å². The number of anilines is 1. The van der Waals surface area contributed by atoms with Crippen LogP contribution in [0.15, 0.2) is 16.7 Å². The Morgan fingerprint density at radius 1 is 1.65 bits per heavy atom. The average Bonchev–Trinajstić information content (AvgIpc) is 2.25. The molecule has 0 spiro atoms. The highest BCUT2D eigenvalue weighted by molar-refractivity contribution is 9.10. The zero-order valence-corrected chi connectivity index (χ0v) is 11.2. The van der Waals surface area contributed by atoms with Crippen molar-refractivity contribution in [1.82, 2.24) is 9.88 Å². The molecule has 0 atom stereocenters. The predicted molar refractivity (Wildman–Crippen MR) is 69.5 cm³/mol. The monoisotopic (exact) mass is 298 g/mol. The zero-order valence-electron chi connectivity index (χ0n) is 9.61. The number of nitrogens with zero attached hydrogens (tertiary/aromatic N) is 2. The number of carbonyl (C=O) groups is 1. The maximum Gasteiger partial charge on any atom is 0.257 e. The third kappa shape index (κ3) is 2.42. The normalized spacial score (nSPS) is 15.2. The summed E-state index contributed by atoms with van der Waals surface area (Å²) in [4.78, 5) is 18.1. The van der Waals surface area contributed by atoms with Gasteiger partial charge in [0.2, 0.25) is 0 Å². The molecule has 1 fully saturated rings. The molecule has 0 aliphatic heterocycles. The van der Waals surface area contributed by atoms with Crippen LogP contribution in [0, 0.1) is 0 Å². The van der Waals surface area contributed by atoms with Crippen LogP contribution in [0.3, 0.4) is 0 Å². The van der Waals surface area contributed by atoms with Crippen LogP contribution in [-0.2, 0) is 0 Å². The lowest BCUT2D eigenvalue weighted by atomic mass is 9.91. The summed E-state index contributed by atoms with van der Waals surface area (Å²) in [6, 6.07) is 2.09. The van der Waals surface area contributed by atoms with Gasteiger partial charge in [0.15, 0.2) is 5.82 Å². The van der Waals surface area contributed by atoms with E-state index in [4.69, 9.17) is 5.84 Å². The smallest absolute Gasteiger partial charge is 0.257 e. The van der Waals surface area contributed by atoms with E-state index in [1.165, 1.54) is 6.42 Å². The highest BCUT2D eigenvalue weighted by atomic mass is 79.9. The minimum Gasteiger partial charge on any atom is -0.339 e. The van der Waals surface area contributed by atoms with Gasteiger partial charge in [-0.25, -0.2) is 10.8 Å². The molecule has 1 aromatic rings. The van der Waals surface area contributed by atoms with Gasteiger partial charge in [-0.2, -0.15) is 0 Å². The van der Waals surface area contributed by atoms with E-state index in [1.54, 1.807) is 17.2 Å². The summed E-state index contributed by atoms with van der Waals surface area (Å²) >= 11 is 3.31. The Kier molecular flexibility index (Phi) is 3.63. The first-order chi connectivity index (χ1) is 8.13. The van der Waals surface area contributed by atoms with Gasteiger partial charge in [0.25, 0.3) is 5.91 Å². The first-order valence-corrected chi connectivity index (χ1v) is 6.32. The number of nitrogens with one attached hydrogen (secondary N) is 1. The molecule has 1 aliphatic rings. The Morgan fingerprint density at radius 3 is 2.88 bits per heavy atom. The lowest BCUT2D eigenvalue weighted by Crippen LogP contribution is -2.41. The van der Waals surface area contributed by atoms with E-state index in [0.717, 1.165) is 17.3 Å². The Bertz CT molecular complexity index is 433. The largest absolute Gasteiger partial charge is 0.339 e. The van der Waals surface area contributed by atoms with Crippen molar-refractivity contribution >= 4 is 27.7 Å². The molecule has 6 heteroatoms. The third-order valence-corrected chi connectivity index (χ3v) is 3.60. The van der Waals surface area contributed by atoms with Gasteiger partial charge in [-0.1, -0.05) is 0 Å². The van der Waals surface area contributed by atoms with Crippen LogP contribution in [0.25, 0.3) is 0 Å². The number of nitrogens with two attached hydrogens (primary N) is 1. The van der Waals surface area contributed by atoms with Crippen LogP contribution in [0.4, 0.5) is 5.82 Å². The first kappa shape index (κ1) is 12.3. The SMILES string of the molecule is CN(C(=O)c1cc(Br)cnc1NN)C1CCC1. The predicted octanol–water partition coefficient (Wildman–Crippen LogP) is 1.75. The standard InChI is InChI=1S/C11H15BrN4O/c1-16(8-3-2-4-8)11(17)9-5-7(12)6-14-10(9)15-13/h5-6,8H,2-4,13H2,1H3,(H,14,15). The number of rotatable bonds is 3. The van der Waals surface area contributed by atoms with Crippen molar-refractivity contribution in [3.8, 4) is 0 Å². The number of amides is 1. The summed E-state index contributed by atoms with van der Waals surface area (Å²) in [7, 11) is 1.83. The van der Waals surface area contributed by atoms with Gasteiger partial charge in [0.1, 0.15) is 0 Å². The number of pyridine rings is 1. The van der Waals surface area contributed by atoms with Crippen LogP contribution in [0.5, 0.6) is 0 Å². The molecule has 92 valence electrons. The minimum atomic E-state index is -0.0450. The Morgan fingerprint density at radius 2 is 2.35 bits per heavy atom. The van der Waals surface area contributed by atoms with E-state index >= 15 is 0 Å². The van der Waals surface area contributed by atoms with Crippen molar-refractivity contribution < 1.29 is 4.79 Å². The molecule has 5 nitrogen and oxygen atoms in total. The quantitative estimate of drug-likeness (QED) is 0.659. The number of hydrogen-bond acceptors (Lipinski definition) is 4.